The molecule has 0 heterocycles. The molecule has 60 heavy (non-hydrogen) atoms. The van der Waals surface area contributed by atoms with Gasteiger partial charge in [0.25, 0.3) is 0 Å². The van der Waals surface area contributed by atoms with Crippen LogP contribution in [0.15, 0.2) is 85.1 Å². The third-order valence-electron chi connectivity index (χ3n) is 10.7. The Morgan fingerprint density at radius 2 is 0.967 bits per heavy atom. The first-order valence-corrected chi connectivity index (χ1v) is 24.8. The first-order chi connectivity index (χ1) is 29.5. The fourth-order valence-corrected chi connectivity index (χ4v) is 6.97. The van der Waals surface area contributed by atoms with Crippen LogP contribution in [0.4, 0.5) is 0 Å². The summed E-state index contributed by atoms with van der Waals surface area (Å²) in [6.07, 6.45) is 61.0. The molecular weight excluding hydrogens is 743 g/mol. The molecule has 0 rings (SSSR count). The van der Waals surface area contributed by atoms with Crippen molar-refractivity contribution >= 4 is 11.9 Å². The van der Waals surface area contributed by atoms with Gasteiger partial charge in [-0.3, -0.25) is 9.59 Å². The van der Waals surface area contributed by atoms with Crippen molar-refractivity contribution in [3.8, 4) is 0 Å². The minimum absolute atomic E-state index is 0.0601. The van der Waals surface area contributed by atoms with Crippen molar-refractivity contribution in [2.24, 2.45) is 0 Å². The predicted octanol–water partition coefficient (Wildman–Crippen LogP) is 14.8. The van der Waals surface area contributed by atoms with Gasteiger partial charge in [-0.1, -0.05) is 215 Å². The summed E-state index contributed by atoms with van der Waals surface area (Å²) in [4.78, 5) is 26.0. The van der Waals surface area contributed by atoms with Crippen molar-refractivity contribution in [1.82, 2.24) is 5.32 Å². The van der Waals surface area contributed by atoms with E-state index in [0.29, 0.717) is 19.3 Å². The van der Waals surface area contributed by atoms with Crippen molar-refractivity contribution in [3.05, 3.63) is 85.1 Å². The Balaban J connectivity index is 4.80. The van der Waals surface area contributed by atoms with Gasteiger partial charge < -0.3 is 20.3 Å². The molecule has 0 saturated heterocycles. The van der Waals surface area contributed by atoms with Crippen molar-refractivity contribution in [2.45, 2.75) is 238 Å². The molecule has 0 aliphatic heterocycles. The summed E-state index contributed by atoms with van der Waals surface area (Å²) in [5.41, 5.74) is 0. The standard InChI is InChI=1S/C54H93NO5/c1-4-7-10-13-16-19-22-24-26-27-29-32-35-38-41-44-47-54(59)60-50(45-42-39-36-33-31-28-25-23-20-17-14-11-8-5-2)48-53(58)55-51(49-56)52(57)46-43-40-37-34-30-21-18-15-12-9-6-3/h8,11,17,20,25-29,32-33,36,42,45,50-52,56-57H,4-7,9-10,12-16,18-19,21-24,30-31,34-35,37-41,43-44,46-49H2,1-3H3,(H,55,58)/b11-8+,20-17+,27-26+,28-25+,32-29+,36-33+,45-42+. The molecule has 0 aliphatic rings. The number of hydrogen-bond donors (Lipinski definition) is 3. The van der Waals surface area contributed by atoms with Gasteiger partial charge >= 0.3 is 5.97 Å². The van der Waals surface area contributed by atoms with Gasteiger partial charge in [-0.15, -0.1) is 0 Å². The maximum Gasteiger partial charge on any atom is 0.306 e. The molecule has 1 amide bonds. The van der Waals surface area contributed by atoms with E-state index in [1.165, 1.54) is 96.3 Å². The lowest BCUT2D eigenvalue weighted by molar-refractivity contribution is -0.148. The fraction of sp³-hybridized carbons (Fsp3) is 0.704. The van der Waals surface area contributed by atoms with E-state index in [9.17, 15) is 19.8 Å². The molecule has 3 N–H and O–H groups in total. The highest BCUT2D eigenvalue weighted by molar-refractivity contribution is 5.78. The second-order valence-electron chi connectivity index (χ2n) is 16.5. The SMILES string of the molecule is CC/C=C/C/C=C/C/C=C/C/C=C/C/C=C/C(CC(=O)NC(CO)C(O)CCCCCCCCCCCCC)OC(=O)CCCCC/C=C/C=C/CCCCCCCCC. The van der Waals surface area contributed by atoms with Crippen molar-refractivity contribution in [1.29, 1.82) is 0 Å². The van der Waals surface area contributed by atoms with Crippen LogP contribution in [0.1, 0.15) is 220 Å². The average Bonchev–Trinajstić information content (AvgIpc) is 3.24. The van der Waals surface area contributed by atoms with Crippen LogP contribution in [0.25, 0.3) is 0 Å². The number of ether oxygens (including phenoxy) is 1. The summed E-state index contributed by atoms with van der Waals surface area (Å²) >= 11 is 0. The lowest BCUT2D eigenvalue weighted by atomic mass is 10.0. The number of rotatable bonds is 43. The maximum atomic E-state index is 13.1. The van der Waals surface area contributed by atoms with E-state index in [1.54, 1.807) is 6.08 Å². The smallest absolute Gasteiger partial charge is 0.306 e. The largest absolute Gasteiger partial charge is 0.458 e. The normalized spacial score (nSPS) is 14.0. The van der Waals surface area contributed by atoms with Gasteiger partial charge in [0.1, 0.15) is 6.10 Å². The van der Waals surface area contributed by atoms with Gasteiger partial charge in [-0.25, -0.2) is 0 Å². The van der Waals surface area contributed by atoms with Gasteiger partial charge in [-0.05, 0) is 76.7 Å². The zero-order valence-electron chi connectivity index (χ0n) is 39.1. The molecule has 0 bridgehead atoms. The first kappa shape index (κ1) is 57.0. The van der Waals surface area contributed by atoms with Gasteiger partial charge in [0.2, 0.25) is 5.91 Å². The molecule has 0 aliphatic carbocycles. The topological polar surface area (TPSA) is 95.9 Å². The average molecular weight is 836 g/mol. The molecule has 0 aromatic heterocycles. The Kier molecular flexibility index (Phi) is 44.8. The maximum absolute atomic E-state index is 13.1. The number of hydrogen-bond acceptors (Lipinski definition) is 5. The summed E-state index contributed by atoms with van der Waals surface area (Å²) in [5.74, 6) is -0.665. The minimum atomic E-state index is -0.826. The molecule has 0 aromatic rings. The lowest BCUT2D eigenvalue weighted by Gasteiger charge is -2.23. The van der Waals surface area contributed by atoms with Crippen LogP contribution in [0.3, 0.4) is 0 Å². The molecule has 3 unspecified atom stereocenters. The second-order valence-corrected chi connectivity index (χ2v) is 16.5. The van der Waals surface area contributed by atoms with Crippen molar-refractivity contribution in [2.75, 3.05) is 6.61 Å². The minimum Gasteiger partial charge on any atom is -0.458 e. The molecule has 0 spiro atoms. The Hall–Kier alpha value is -2.96. The van der Waals surface area contributed by atoms with Crippen LogP contribution in [0, 0.1) is 0 Å². The van der Waals surface area contributed by atoms with E-state index in [4.69, 9.17) is 4.74 Å². The van der Waals surface area contributed by atoms with Crippen LogP contribution in [0.5, 0.6) is 0 Å². The number of nitrogens with one attached hydrogen (secondary N) is 1. The quantitative estimate of drug-likeness (QED) is 0.0246. The summed E-state index contributed by atoms with van der Waals surface area (Å²) < 4.78 is 5.80. The zero-order chi connectivity index (χ0) is 43.8. The third kappa shape index (κ3) is 41.8. The number of aliphatic hydroxyl groups excluding tert-OH is 2. The molecule has 6 heteroatoms. The highest BCUT2D eigenvalue weighted by Crippen LogP contribution is 2.15. The van der Waals surface area contributed by atoms with Crippen LogP contribution in [-0.4, -0.2) is 46.9 Å². The van der Waals surface area contributed by atoms with Crippen LogP contribution in [0.2, 0.25) is 0 Å². The van der Waals surface area contributed by atoms with E-state index < -0.39 is 18.2 Å². The van der Waals surface area contributed by atoms with E-state index in [-0.39, 0.29) is 24.9 Å². The van der Waals surface area contributed by atoms with Gasteiger partial charge in [-0.2, -0.15) is 0 Å². The summed E-state index contributed by atoms with van der Waals surface area (Å²) in [7, 11) is 0. The van der Waals surface area contributed by atoms with E-state index in [1.807, 2.05) is 6.08 Å². The molecule has 0 fully saturated rings. The Bertz CT molecular complexity index is 1160. The van der Waals surface area contributed by atoms with Gasteiger partial charge in [0.05, 0.1) is 25.2 Å². The van der Waals surface area contributed by atoms with Crippen molar-refractivity contribution < 1.29 is 24.5 Å². The highest BCUT2D eigenvalue weighted by Gasteiger charge is 2.23. The third-order valence-corrected chi connectivity index (χ3v) is 10.7. The molecule has 0 aromatic carbocycles. The molecular formula is C54H93NO5. The number of allylic oxidation sites excluding steroid dienone is 13. The zero-order valence-corrected chi connectivity index (χ0v) is 39.1. The number of unbranched alkanes of at least 4 members (excludes halogenated alkanes) is 20. The number of amides is 1. The van der Waals surface area contributed by atoms with E-state index in [0.717, 1.165) is 77.0 Å². The monoisotopic (exact) mass is 836 g/mol. The van der Waals surface area contributed by atoms with Crippen LogP contribution in [-0.2, 0) is 14.3 Å². The summed E-state index contributed by atoms with van der Waals surface area (Å²) in [6, 6.07) is -0.750. The van der Waals surface area contributed by atoms with Gasteiger partial charge in [0.15, 0.2) is 0 Å². The number of aliphatic hydroxyl groups is 2. The Labute approximate surface area is 370 Å². The molecule has 3 atom stereocenters. The predicted molar refractivity (Wildman–Crippen MR) is 259 cm³/mol. The number of esters is 1. The molecule has 0 saturated carbocycles. The summed E-state index contributed by atoms with van der Waals surface area (Å²) in [5, 5.41) is 23.6. The molecule has 6 nitrogen and oxygen atoms in total. The van der Waals surface area contributed by atoms with Crippen molar-refractivity contribution in [3.63, 3.8) is 0 Å². The van der Waals surface area contributed by atoms with E-state index in [2.05, 4.69) is 99.0 Å². The molecule has 344 valence electrons. The highest BCUT2D eigenvalue weighted by atomic mass is 16.5. The lowest BCUT2D eigenvalue weighted by Crippen LogP contribution is -2.46. The first-order valence-electron chi connectivity index (χ1n) is 24.8. The molecule has 0 radical (unpaired) electrons. The van der Waals surface area contributed by atoms with Crippen LogP contribution < -0.4 is 5.32 Å². The fourth-order valence-electron chi connectivity index (χ4n) is 6.97. The number of carbonyl (C=O) groups excluding carboxylic acids is 2. The second kappa shape index (κ2) is 47.1. The Morgan fingerprint density at radius 1 is 0.533 bits per heavy atom. The van der Waals surface area contributed by atoms with E-state index >= 15 is 0 Å². The van der Waals surface area contributed by atoms with Crippen LogP contribution >= 0.6 is 0 Å². The van der Waals surface area contributed by atoms with Gasteiger partial charge in [0, 0.05) is 6.42 Å². The number of carbonyl (C=O) groups is 2. The Morgan fingerprint density at radius 3 is 1.45 bits per heavy atom. The summed E-state index contributed by atoms with van der Waals surface area (Å²) in [6.45, 7) is 6.30.